The number of nitrogens with zero attached hydrogens (tertiary/aromatic N) is 1. The molecule has 2 aromatic carbocycles. The van der Waals surface area contributed by atoms with Gasteiger partial charge in [-0.05, 0) is 53.8 Å². The van der Waals surface area contributed by atoms with Gasteiger partial charge in [-0.15, -0.1) is 0 Å². The third kappa shape index (κ3) is 4.31. The zero-order valence-corrected chi connectivity index (χ0v) is 21.4. The summed E-state index contributed by atoms with van der Waals surface area (Å²) in [6.07, 6.45) is 3.96. The number of aromatic amines is 1. The van der Waals surface area contributed by atoms with E-state index < -0.39 is 17.7 Å². The first-order chi connectivity index (χ1) is 17.7. The van der Waals surface area contributed by atoms with E-state index in [0.717, 1.165) is 22.0 Å². The number of furan rings is 1. The van der Waals surface area contributed by atoms with Crippen molar-refractivity contribution in [3.8, 4) is 5.75 Å². The van der Waals surface area contributed by atoms with Gasteiger partial charge in [0.2, 0.25) is 0 Å². The minimum atomic E-state index is -0.833. The second-order valence-corrected chi connectivity index (χ2v) is 10.3. The van der Waals surface area contributed by atoms with Gasteiger partial charge in [0.25, 0.3) is 11.7 Å². The second-order valence-electron chi connectivity index (χ2n) is 10.3. The third-order valence-corrected chi connectivity index (χ3v) is 6.93. The van der Waals surface area contributed by atoms with Gasteiger partial charge in [0.1, 0.15) is 23.3 Å². The Kier molecular flexibility index (Phi) is 6.15. The van der Waals surface area contributed by atoms with Gasteiger partial charge < -0.3 is 24.1 Å². The number of carbonyl (C=O) groups excluding carboxylic acids is 2. The standard InChI is InChI=1S/C30H30N2O5/c1-30(2,3)21-16-18(11-12-23(21)36-4)27(33)25-26(24-10-7-15-37-24)32(29(35)28(25)34)14-13-19-17-31-22-9-6-5-8-20(19)22/h5-12,15-17,26,31,33H,13-14H2,1-4H3/b27-25-. The summed E-state index contributed by atoms with van der Waals surface area (Å²) in [4.78, 5) is 31.3. The van der Waals surface area contributed by atoms with Crippen molar-refractivity contribution in [3.63, 3.8) is 0 Å². The first-order valence-corrected chi connectivity index (χ1v) is 12.3. The lowest BCUT2D eigenvalue weighted by Crippen LogP contribution is -2.31. The van der Waals surface area contributed by atoms with E-state index in [4.69, 9.17) is 9.15 Å². The van der Waals surface area contributed by atoms with Crippen molar-refractivity contribution in [2.45, 2.75) is 38.6 Å². The largest absolute Gasteiger partial charge is 0.507 e. The Hall–Kier alpha value is -4.26. The van der Waals surface area contributed by atoms with Crippen molar-refractivity contribution in [1.29, 1.82) is 0 Å². The number of carbonyl (C=O) groups is 2. The average Bonchev–Trinajstić information content (AvgIpc) is 3.61. The van der Waals surface area contributed by atoms with Gasteiger partial charge in [0.15, 0.2) is 0 Å². The van der Waals surface area contributed by atoms with E-state index in [2.05, 4.69) is 4.98 Å². The normalized spacial score (nSPS) is 17.6. The first-order valence-electron chi connectivity index (χ1n) is 12.3. The minimum absolute atomic E-state index is 0.0175. The highest BCUT2D eigenvalue weighted by Gasteiger charge is 2.47. The molecule has 7 nitrogen and oxygen atoms in total. The molecular weight excluding hydrogens is 468 g/mol. The molecule has 1 fully saturated rings. The number of aliphatic hydroxyl groups is 1. The fourth-order valence-electron chi connectivity index (χ4n) is 5.03. The molecule has 3 heterocycles. The minimum Gasteiger partial charge on any atom is -0.507 e. The lowest BCUT2D eigenvalue weighted by Gasteiger charge is -2.24. The smallest absolute Gasteiger partial charge is 0.295 e. The fourth-order valence-corrected chi connectivity index (χ4v) is 5.03. The van der Waals surface area contributed by atoms with Crippen molar-refractivity contribution in [3.05, 3.63) is 95.1 Å². The van der Waals surface area contributed by atoms with Crippen LogP contribution >= 0.6 is 0 Å². The summed E-state index contributed by atoms with van der Waals surface area (Å²) >= 11 is 0. The molecule has 0 bridgehead atoms. The number of rotatable bonds is 6. The van der Waals surface area contributed by atoms with Crippen LogP contribution in [0.4, 0.5) is 0 Å². The number of para-hydroxylation sites is 1. The third-order valence-electron chi connectivity index (χ3n) is 6.93. The van der Waals surface area contributed by atoms with Crippen LogP contribution < -0.4 is 4.74 Å². The number of H-pyrrole nitrogens is 1. The van der Waals surface area contributed by atoms with E-state index in [-0.39, 0.29) is 23.3 Å². The predicted molar refractivity (Wildman–Crippen MR) is 141 cm³/mol. The fraction of sp³-hybridized carbons (Fsp3) is 0.267. The number of methoxy groups -OCH3 is 1. The molecule has 1 aliphatic rings. The number of hydrogen-bond acceptors (Lipinski definition) is 5. The molecule has 37 heavy (non-hydrogen) atoms. The number of ether oxygens (including phenoxy) is 1. The van der Waals surface area contributed by atoms with Crippen molar-refractivity contribution >= 4 is 28.4 Å². The van der Waals surface area contributed by atoms with Gasteiger partial charge in [-0.1, -0.05) is 39.0 Å². The Morgan fingerprint density at radius 2 is 1.89 bits per heavy atom. The van der Waals surface area contributed by atoms with Crippen molar-refractivity contribution in [1.82, 2.24) is 9.88 Å². The molecule has 0 radical (unpaired) electrons. The summed E-state index contributed by atoms with van der Waals surface area (Å²) in [5.41, 5.74) is 3.12. The van der Waals surface area contributed by atoms with Gasteiger partial charge in [-0.25, -0.2) is 0 Å². The topological polar surface area (TPSA) is 95.8 Å². The zero-order valence-electron chi connectivity index (χ0n) is 21.4. The summed E-state index contributed by atoms with van der Waals surface area (Å²) < 4.78 is 11.2. The summed E-state index contributed by atoms with van der Waals surface area (Å²) in [7, 11) is 1.60. The van der Waals surface area contributed by atoms with E-state index in [1.165, 1.54) is 11.2 Å². The van der Waals surface area contributed by atoms with E-state index in [0.29, 0.717) is 23.5 Å². The van der Waals surface area contributed by atoms with Crippen LogP contribution in [0, 0.1) is 0 Å². The number of amides is 1. The molecule has 0 saturated carbocycles. The number of ketones is 1. The number of Topliss-reactive ketones (excluding diaryl/α,β-unsaturated/α-hetero) is 1. The van der Waals surface area contributed by atoms with E-state index in [1.807, 2.05) is 57.3 Å². The Morgan fingerprint density at radius 1 is 1.11 bits per heavy atom. The molecule has 0 aliphatic carbocycles. The van der Waals surface area contributed by atoms with Crippen LogP contribution in [0.15, 0.2) is 77.0 Å². The quantitative estimate of drug-likeness (QED) is 0.201. The molecule has 4 aromatic rings. The van der Waals surface area contributed by atoms with Crippen LogP contribution in [0.3, 0.4) is 0 Å². The molecule has 2 aromatic heterocycles. The first kappa shape index (κ1) is 24.4. The molecule has 190 valence electrons. The molecule has 1 atom stereocenters. The van der Waals surface area contributed by atoms with Crippen LogP contribution in [0.2, 0.25) is 0 Å². The summed E-state index contributed by atoms with van der Waals surface area (Å²) in [5, 5.41) is 12.5. The van der Waals surface area contributed by atoms with Crippen LogP contribution in [0.1, 0.15) is 49.3 Å². The zero-order chi connectivity index (χ0) is 26.3. The molecule has 7 heteroatoms. The summed E-state index contributed by atoms with van der Waals surface area (Å²) in [6.45, 7) is 6.41. The predicted octanol–water partition coefficient (Wildman–Crippen LogP) is 5.73. The highest BCUT2D eigenvalue weighted by atomic mass is 16.5. The Balaban J connectivity index is 1.56. The molecule has 0 spiro atoms. The lowest BCUT2D eigenvalue weighted by atomic mass is 9.84. The highest BCUT2D eigenvalue weighted by molar-refractivity contribution is 6.46. The number of likely N-dealkylation sites (tertiary alicyclic amines) is 1. The average molecular weight is 499 g/mol. The van der Waals surface area contributed by atoms with Crippen molar-refractivity contribution in [2.24, 2.45) is 0 Å². The van der Waals surface area contributed by atoms with Crippen molar-refractivity contribution < 1.29 is 23.8 Å². The Labute approximate surface area is 215 Å². The maximum absolute atomic E-state index is 13.3. The lowest BCUT2D eigenvalue weighted by molar-refractivity contribution is -0.140. The van der Waals surface area contributed by atoms with Gasteiger partial charge in [-0.2, -0.15) is 0 Å². The Morgan fingerprint density at radius 3 is 2.59 bits per heavy atom. The number of benzene rings is 2. The SMILES string of the molecule is COc1ccc(/C(O)=C2/C(=O)C(=O)N(CCc3c[nH]c4ccccc34)C2c2ccco2)cc1C(C)(C)C. The number of fused-ring (bicyclic) bond motifs is 1. The van der Waals surface area contributed by atoms with E-state index >= 15 is 0 Å². The highest BCUT2D eigenvalue weighted by Crippen LogP contribution is 2.41. The van der Waals surface area contributed by atoms with E-state index in [1.54, 1.807) is 31.4 Å². The summed E-state index contributed by atoms with van der Waals surface area (Å²) in [5.74, 6) is -0.518. The van der Waals surface area contributed by atoms with Crippen LogP contribution in [0.5, 0.6) is 5.75 Å². The second kappa shape index (κ2) is 9.32. The molecule has 1 saturated heterocycles. The van der Waals surface area contributed by atoms with Crippen molar-refractivity contribution in [2.75, 3.05) is 13.7 Å². The van der Waals surface area contributed by atoms with E-state index in [9.17, 15) is 14.7 Å². The maximum Gasteiger partial charge on any atom is 0.295 e. The molecule has 2 N–H and O–H groups in total. The molecule has 5 rings (SSSR count). The molecule has 1 amide bonds. The van der Waals surface area contributed by atoms with Gasteiger partial charge in [0.05, 0.1) is 18.9 Å². The van der Waals surface area contributed by atoms with Crippen LogP contribution in [-0.2, 0) is 21.4 Å². The van der Waals surface area contributed by atoms with Gasteiger partial charge in [0, 0.05) is 34.8 Å². The number of hydrogen-bond donors (Lipinski definition) is 2. The monoisotopic (exact) mass is 498 g/mol. The maximum atomic E-state index is 13.3. The van der Waals surface area contributed by atoms with Gasteiger partial charge >= 0.3 is 0 Å². The number of nitrogens with one attached hydrogen (secondary N) is 1. The number of aliphatic hydroxyl groups excluding tert-OH is 1. The van der Waals surface area contributed by atoms with Crippen LogP contribution in [-0.4, -0.2) is 40.3 Å². The van der Waals surface area contributed by atoms with Gasteiger partial charge in [-0.3, -0.25) is 9.59 Å². The molecule has 1 unspecified atom stereocenters. The van der Waals surface area contributed by atoms with Crippen LogP contribution in [0.25, 0.3) is 16.7 Å². The molecule has 1 aliphatic heterocycles. The number of aromatic nitrogens is 1. The summed E-state index contributed by atoms with van der Waals surface area (Å²) in [6, 6.07) is 15.8. The molecular formula is C30H30N2O5. The Bertz CT molecular complexity index is 1500.